The number of hydrogen-bond acceptors (Lipinski definition) is 2. The molecule has 0 aliphatic carbocycles. The highest BCUT2D eigenvalue weighted by molar-refractivity contribution is 6.06. The predicted molar refractivity (Wildman–Crippen MR) is 91.5 cm³/mol. The Morgan fingerprint density at radius 3 is 2.52 bits per heavy atom. The minimum absolute atomic E-state index is 0.0700. The number of aryl methyl sites for hydroxylation is 1. The minimum Gasteiger partial charge on any atom is -0.478 e. The molecule has 2 aromatic rings. The Bertz CT molecular complexity index is 735. The summed E-state index contributed by atoms with van der Waals surface area (Å²) in [6, 6.07) is 14.2. The summed E-state index contributed by atoms with van der Waals surface area (Å²) < 4.78 is 0. The van der Waals surface area contributed by atoms with Gasteiger partial charge in [0.25, 0.3) is 0 Å². The number of para-hydroxylation sites is 1. The van der Waals surface area contributed by atoms with Gasteiger partial charge < -0.3 is 10.4 Å². The van der Waals surface area contributed by atoms with E-state index in [-0.39, 0.29) is 17.2 Å². The second kappa shape index (κ2) is 7.94. The SMILES string of the molecule is CCCc1ccccc1/C=C/C(=O)Nc1ccccc1C(=O)O. The largest absolute Gasteiger partial charge is 0.478 e. The molecule has 1 amide bonds. The molecule has 0 heterocycles. The fourth-order valence-electron chi connectivity index (χ4n) is 2.31. The van der Waals surface area contributed by atoms with Gasteiger partial charge in [0, 0.05) is 6.08 Å². The maximum absolute atomic E-state index is 12.0. The first kappa shape index (κ1) is 16.5. The fraction of sp³-hybridized carbons (Fsp3) is 0.158. The van der Waals surface area contributed by atoms with Crippen molar-refractivity contribution < 1.29 is 14.7 Å². The lowest BCUT2D eigenvalue weighted by molar-refractivity contribution is -0.111. The molecule has 0 saturated carbocycles. The van der Waals surface area contributed by atoms with Gasteiger partial charge in [-0.05, 0) is 35.8 Å². The van der Waals surface area contributed by atoms with Crippen molar-refractivity contribution in [3.05, 3.63) is 71.3 Å². The highest BCUT2D eigenvalue weighted by Gasteiger charge is 2.10. The van der Waals surface area contributed by atoms with Crippen molar-refractivity contribution >= 4 is 23.6 Å². The van der Waals surface area contributed by atoms with E-state index in [9.17, 15) is 9.59 Å². The van der Waals surface area contributed by atoms with E-state index in [0.717, 1.165) is 18.4 Å². The van der Waals surface area contributed by atoms with Crippen molar-refractivity contribution in [2.24, 2.45) is 0 Å². The molecule has 0 fully saturated rings. The molecule has 2 aromatic carbocycles. The van der Waals surface area contributed by atoms with Crippen molar-refractivity contribution in [3.8, 4) is 0 Å². The zero-order chi connectivity index (χ0) is 16.7. The quantitative estimate of drug-likeness (QED) is 0.793. The van der Waals surface area contributed by atoms with E-state index in [0.29, 0.717) is 0 Å². The van der Waals surface area contributed by atoms with Crippen molar-refractivity contribution in [1.29, 1.82) is 0 Å². The molecule has 0 radical (unpaired) electrons. The summed E-state index contributed by atoms with van der Waals surface area (Å²) in [4.78, 5) is 23.2. The first-order chi connectivity index (χ1) is 11.1. The van der Waals surface area contributed by atoms with E-state index >= 15 is 0 Å². The third kappa shape index (κ3) is 4.54. The molecule has 0 aliphatic rings. The summed E-state index contributed by atoms with van der Waals surface area (Å²) >= 11 is 0. The van der Waals surface area contributed by atoms with Gasteiger partial charge in [0.1, 0.15) is 0 Å². The topological polar surface area (TPSA) is 66.4 Å². The van der Waals surface area contributed by atoms with Gasteiger partial charge in [0.2, 0.25) is 5.91 Å². The minimum atomic E-state index is -1.07. The third-order valence-electron chi connectivity index (χ3n) is 3.40. The van der Waals surface area contributed by atoms with Crippen molar-refractivity contribution in [2.45, 2.75) is 19.8 Å². The average Bonchev–Trinajstić information content (AvgIpc) is 2.54. The maximum atomic E-state index is 12.0. The van der Waals surface area contributed by atoms with Crippen LogP contribution in [0.1, 0.15) is 34.8 Å². The predicted octanol–water partition coefficient (Wildman–Crippen LogP) is 3.99. The average molecular weight is 309 g/mol. The number of anilines is 1. The molecule has 0 atom stereocenters. The van der Waals surface area contributed by atoms with Crippen LogP contribution in [-0.2, 0) is 11.2 Å². The van der Waals surface area contributed by atoms with E-state index < -0.39 is 5.97 Å². The van der Waals surface area contributed by atoms with Gasteiger partial charge in [-0.15, -0.1) is 0 Å². The van der Waals surface area contributed by atoms with Crippen LogP contribution in [0.3, 0.4) is 0 Å². The Labute approximate surface area is 135 Å². The lowest BCUT2D eigenvalue weighted by atomic mass is 10.0. The highest BCUT2D eigenvalue weighted by Crippen LogP contribution is 2.16. The lowest BCUT2D eigenvalue weighted by Crippen LogP contribution is -2.11. The molecule has 4 heteroatoms. The lowest BCUT2D eigenvalue weighted by Gasteiger charge is -2.06. The van der Waals surface area contributed by atoms with Crippen LogP contribution in [0.2, 0.25) is 0 Å². The van der Waals surface area contributed by atoms with Gasteiger partial charge in [-0.1, -0.05) is 49.7 Å². The molecule has 0 spiro atoms. The van der Waals surface area contributed by atoms with Crippen LogP contribution >= 0.6 is 0 Å². The number of nitrogens with one attached hydrogen (secondary N) is 1. The van der Waals surface area contributed by atoms with Gasteiger partial charge in [0.15, 0.2) is 0 Å². The van der Waals surface area contributed by atoms with Crippen molar-refractivity contribution in [3.63, 3.8) is 0 Å². The maximum Gasteiger partial charge on any atom is 0.337 e. The van der Waals surface area contributed by atoms with Crippen LogP contribution in [0.5, 0.6) is 0 Å². The molecule has 2 N–H and O–H groups in total. The number of hydrogen-bond donors (Lipinski definition) is 2. The van der Waals surface area contributed by atoms with E-state index in [4.69, 9.17) is 5.11 Å². The number of amides is 1. The number of carbonyl (C=O) groups is 2. The summed E-state index contributed by atoms with van der Waals surface area (Å²) in [5.41, 5.74) is 2.54. The monoisotopic (exact) mass is 309 g/mol. The van der Waals surface area contributed by atoms with Crippen LogP contribution in [0, 0.1) is 0 Å². The summed E-state index contributed by atoms with van der Waals surface area (Å²) in [7, 11) is 0. The molecular formula is C19H19NO3. The molecule has 0 saturated heterocycles. The Hall–Kier alpha value is -2.88. The zero-order valence-electron chi connectivity index (χ0n) is 13.0. The van der Waals surface area contributed by atoms with Crippen LogP contribution in [-0.4, -0.2) is 17.0 Å². The van der Waals surface area contributed by atoms with Crippen molar-refractivity contribution in [1.82, 2.24) is 0 Å². The normalized spacial score (nSPS) is 10.7. The molecule has 118 valence electrons. The first-order valence-electron chi connectivity index (χ1n) is 7.51. The number of aromatic carboxylic acids is 1. The fourth-order valence-corrected chi connectivity index (χ4v) is 2.31. The first-order valence-corrected chi connectivity index (χ1v) is 7.51. The zero-order valence-corrected chi connectivity index (χ0v) is 13.0. The van der Waals surface area contributed by atoms with Crippen LogP contribution in [0.15, 0.2) is 54.6 Å². The van der Waals surface area contributed by atoms with E-state index in [1.165, 1.54) is 17.7 Å². The Balaban J connectivity index is 2.13. The van der Waals surface area contributed by atoms with E-state index in [1.807, 2.05) is 24.3 Å². The number of carboxylic acid groups (broad SMARTS) is 1. The molecule has 23 heavy (non-hydrogen) atoms. The second-order valence-electron chi connectivity index (χ2n) is 5.12. The van der Waals surface area contributed by atoms with Crippen LogP contribution in [0.4, 0.5) is 5.69 Å². The summed E-state index contributed by atoms with van der Waals surface area (Å²) in [5.74, 6) is -1.43. The molecule has 0 unspecified atom stereocenters. The molecular weight excluding hydrogens is 290 g/mol. The van der Waals surface area contributed by atoms with E-state index in [2.05, 4.69) is 12.2 Å². The summed E-state index contributed by atoms with van der Waals surface area (Å²) in [6.07, 6.45) is 5.16. The molecule has 0 aliphatic heterocycles. The molecule has 0 bridgehead atoms. The molecule has 2 rings (SSSR count). The van der Waals surface area contributed by atoms with Gasteiger partial charge in [-0.25, -0.2) is 4.79 Å². The number of carboxylic acids is 1. The Morgan fingerprint density at radius 1 is 1.09 bits per heavy atom. The van der Waals surface area contributed by atoms with Crippen LogP contribution in [0.25, 0.3) is 6.08 Å². The summed E-state index contributed by atoms with van der Waals surface area (Å²) in [6.45, 7) is 2.11. The summed E-state index contributed by atoms with van der Waals surface area (Å²) in [5, 5.41) is 11.7. The standard InChI is InChI=1S/C19H19NO3/c1-2-7-14-8-3-4-9-15(14)12-13-18(21)20-17-11-6-5-10-16(17)19(22)23/h3-6,8-13H,2,7H2,1H3,(H,20,21)(H,22,23)/b13-12+. The van der Waals surface area contributed by atoms with Crippen molar-refractivity contribution in [2.75, 3.05) is 5.32 Å². The van der Waals surface area contributed by atoms with Crippen LogP contribution < -0.4 is 5.32 Å². The Kier molecular flexibility index (Phi) is 5.69. The molecule has 0 aromatic heterocycles. The second-order valence-corrected chi connectivity index (χ2v) is 5.12. The van der Waals surface area contributed by atoms with Gasteiger partial charge in [-0.3, -0.25) is 4.79 Å². The number of benzene rings is 2. The van der Waals surface area contributed by atoms with Gasteiger partial charge in [-0.2, -0.15) is 0 Å². The number of rotatable bonds is 6. The van der Waals surface area contributed by atoms with Gasteiger partial charge >= 0.3 is 5.97 Å². The molecule has 4 nitrogen and oxygen atoms in total. The highest BCUT2D eigenvalue weighted by atomic mass is 16.4. The van der Waals surface area contributed by atoms with Gasteiger partial charge in [0.05, 0.1) is 11.3 Å². The smallest absolute Gasteiger partial charge is 0.337 e. The van der Waals surface area contributed by atoms with E-state index in [1.54, 1.807) is 24.3 Å². The Morgan fingerprint density at radius 2 is 1.78 bits per heavy atom. The number of carbonyl (C=O) groups excluding carboxylic acids is 1. The third-order valence-corrected chi connectivity index (χ3v) is 3.40.